The van der Waals surface area contributed by atoms with E-state index in [1.54, 1.807) is 0 Å². The van der Waals surface area contributed by atoms with Gasteiger partial charge in [-0.2, -0.15) is 0 Å². The average molecular weight is 535 g/mol. The Morgan fingerprint density at radius 2 is 1.37 bits per heavy atom. The molecule has 2 aromatic carbocycles. The fourth-order valence-corrected chi connectivity index (χ4v) is 2.94. The molecule has 0 amide bonds. The van der Waals surface area contributed by atoms with Gasteiger partial charge in [-0.1, -0.05) is 71.9 Å². The van der Waals surface area contributed by atoms with E-state index in [9.17, 15) is 0 Å². The van der Waals surface area contributed by atoms with Crippen molar-refractivity contribution in [3.05, 3.63) is 78.0 Å². The molecular formula is C25H28IrN-. The molecule has 0 N–H and O–H groups in total. The van der Waals surface area contributed by atoms with E-state index >= 15 is 0 Å². The van der Waals surface area contributed by atoms with Crippen LogP contribution >= 0.6 is 0 Å². The van der Waals surface area contributed by atoms with Gasteiger partial charge in [0, 0.05) is 26.3 Å². The second-order valence-electron chi connectivity index (χ2n) is 9.01. The summed E-state index contributed by atoms with van der Waals surface area (Å²) in [6, 6.07) is 22.4. The third kappa shape index (κ3) is 5.15. The molecule has 0 unspecified atom stereocenters. The number of hydrogen-bond donors (Lipinski definition) is 0. The van der Waals surface area contributed by atoms with Gasteiger partial charge in [0.1, 0.15) is 0 Å². The molecule has 2 heteroatoms. The van der Waals surface area contributed by atoms with Gasteiger partial charge in [-0.3, -0.25) is 0 Å². The topological polar surface area (TPSA) is 12.9 Å². The molecule has 0 aliphatic carbocycles. The predicted octanol–water partition coefficient (Wildman–Crippen LogP) is 6.81. The van der Waals surface area contributed by atoms with Crippen LogP contribution in [0.4, 0.5) is 0 Å². The van der Waals surface area contributed by atoms with E-state index in [0.29, 0.717) is 0 Å². The molecule has 143 valence electrons. The van der Waals surface area contributed by atoms with Crippen LogP contribution in [0.15, 0.2) is 60.8 Å². The van der Waals surface area contributed by atoms with Gasteiger partial charge in [0.2, 0.25) is 0 Å². The Balaban J connectivity index is 0.00000261. The van der Waals surface area contributed by atoms with Crippen molar-refractivity contribution >= 4 is 0 Å². The molecule has 0 saturated carbocycles. The summed E-state index contributed by atoms with van der Waals surface area (Å²) in [7, 11) is 0. The molecule has 0 atom stereocenters. The van der Waals surface area contributed by atoms with Gasteiger partial charge >= 0.3 is 0 Å². The summed E-state index contributed by atoms with van der Waals surface area (Å²) in [5, 5.41) is 0. The number of pyridine rings is 1. The Bertz CT molecular complexity index is 850. The smallest absolute Gasteiger partial charge is 0.0239 e. The van der Waals surface area contributed by atoms with Crippen molar-refractivity contribution in [2.75, 3.05) is 0 Å². The van der Waals surface area contributed by atoms with Crippen molar-refractivity contribution in [1.29, 1.82) is 0 Å². The summed E-state index contributed by atoms with van der Waals surface area (Å²) in [5.41, 5.74) is 7.32. The molecule has 0 fully saturated rings. The molecule has 0 spiro atoms. The maximum absolute atomic E-state index is 4.68. The molecule has 3 aromatic rings. The number of rotatable bonds is 2. The van der Waals surface area contributed by atoms with Gasteiger partial charge in [-0.05, 0) is 38.8 Å². The van der Waals surface area contributed by atoms with E-state index in [1.165, 1.54) is 16.7 Å². The number of hydrogen-bond acceptors (Lipinski definition) is 1. The monoisotopic (exact) mass is 535 g/mol. The van der Waals surface area contributed by atoms with E-state index in [-0.39, 0.29) is 30.9 Å². The summed E-state index contributed by atoms with van der Waals surface area (Å²) in [6.45, 7) is 13.6. The Hall–Kier alpha value is -1.76. The first-order valence-electron chi connectivity index (χ1n) is 9.24. The zero-order valence-corrected chi connectivity index (χ0v) is 19.4. The molecule has 0 bridgehead atoms. The third-order valence-corrected chi connectivity index (χ3v) is 4.75. The first kappa shape index (κ1) is 21.5. The Morgan fingerprint density at radius 1 is 0.741 bits per heavy atom. The fraction of sp³-hybridized carbons (Fsp3) is 0.320. The van der Waals surface area contributed by atoms with Gasteiger partial charge in [-0.25, -0.2) is 0 Å². The second kappa shape index (κ2) is 8.08. The minimum atomic E-state index is 0. The van der Waals surface area contributed by atoms with Gasteiger partial charge in [0.25, 0.3) is 0 Å². The maximum atomic E-state index is 4.68. The van der Waals surface area contributed by atoms with E-state index in [2.05, 4.69) is 82.9 Å². The minimum Gasteiger partial charge on any atom is -0.304 e. The third-order valence-electron chi connectivity index (χ3n) is 4.75. The first-order valence-corrected chi connectivity index (χ1v) is 9.24. The zero-order chi connectivity index (χ0) is 18.9. The molecule has 0 aliphatic heterocycles. The van der Waals surface area contributed by atoms with Gasteiger partial charge < -0.3 is 4.98 Å². The summed E-state index contributed by atoms with van der Waals surface area (Å²) >= 11 is 0. The van der Waals surface area contributed by atoms with Crippen molar-refractivity contribution in [2.45, 2.75) is 52.4 Å². The van der Waals surface area contributed by atoms with E-state index in [1.807, 2.05) is 30.5 Å². The van der Waals surface area contributed by atoms with Gasteiger partial charge in [0.15, 0.2) is 0 Å². The van der Waals surface area contributed by atoms with Crippen LogP contribution in [-0.4, -0.2) is 4.98 Å². The summed E-state index contributed by atoms with van der Waals surface area (Å²) in [6.07, 6.45) is 1.98. The molecule has 0 aliphatic rings. The van der Waals surface area contributed by atoms with Gasteiger partial charge in [-0.15, -0.1) is 35.9 Å². The normalized spacial score (nSPS) is 11.8. The van der Waals surface area contributed by atoms with Crippen LogP contribution in [-0.2, 0) is 30.9 Å². The quantitative estimate of drug-likeness (QED) is 0.329. The van der Waals surface area contributed by atoms with E-state index in [0.717, 1.165) is 16.8 Å². The fourth-order valence-electron chi connectivity index (χ4n) is 2.94. The molecule has 1 heterocycles. The molecule has 0 saturated heterocycles. The number of benzene rings is 2. The van der Waals surface area contributed by atoms with Crippen LogP contribution < -0.4 is 0 Å². The van der Waals surface area contributed by atoms with Crippen molar-refractivity contribution in [3.8, 4) is 22.4 Å². The Labute approximate surface area is 177 Å². The molecule has 3 rings (SSSR count). The predicted molar refractivity (Wildman–Crippen MR) is 111 cm³/mol. The van der Waals surface area contributed by atoms with Crippen molar-refractivity contribution in [3.63, 3.8) is 0 Å². The zero-order valence-electron chi connectivity index (χ0n) is 17.1. The standard InChI is InChI=1S/C25H28N.Ir/c1-24(2,3)21-14-20(15-22(16-21)25(4,5)6)19-12-13-23(26-17-19)18-10-8-7-9-11-18;/h7-10,12-17H,1-6H3;/q-1;. The van der Waals surface area contributed by atoms with Crippen LogP contribution in [0, 0.1) is 6.07 Å². The summed E-state index contributed by atoms with van der Waals surface area (Å²) in [4.78, 5) is 4.68. The van der Waals surface area contributed by atoms with Crippen molar-refractivity contribution < 1.29 is 20.1 Å². The number of aromatic nitrogens is 1. The van der Waals surface area contributed by atoms with Crippen LogP contribution in [0.2, 0.25) is 0 Å². The molecule has 1 radical (unpaired) electrons. The SMILES string of the molecule is CC(C)(C)c1cc(-c2ccc(-c3[c-]cccc3)nc2)cc(C(C)(C)C)c1.[Ir]. The largest absolute Gasteiger partial charge is 0.304 e. The average Bonchev–Trinajstić information content (AvgIpc) is 2.61. The Morgan fingerprint density at radius 3 is 1.81 bits per heavy atom. The minimum absolute atomic E-state index is 0. The molecule has 27 heavy (non-hydrogen) atoms. The van der Waals surface area contributed by atoms with E-state index in [4.69, 9.17) is 0 Å². The van der Waals surface area contributed by atoms with Crippen LogP contribution in [0.3, 0.4) is 0 Å². The van der Waals surface area contributed by atoms with E-state index < -0.39 is 0 Å². The molecule has 1 aromatic heterocycles. The van der Waals surface area contributed by atoms with Crippen molar-refractivity contribution in [1.82, 2.24) is 4.98 Å². The van der Waals surface area contributed by atoms with Crippen LogP contribution in [0.1, 0.15) is 52.7 Å². The van der Waals surface area contributed by atoms with Crippen LogP contribution in [0.25, 0.3) is 22.4 Å². The summed E-state index contributed by atoms with van der Waals surface area (Å²) in [5.74, 6) is 0. The molecule has 1 nitrogen and oxygen atoms in total. The maximum Gasteiger partial charge on any atom is 0.0239 e. The Kier molecular flexibility index (Phi) is 6.45. The molecular weight excluding hydrogens is 506 g/mol. The van der Waals surface area contributed by atoms with Crippen molar-refractivity contribution in [2.24, 2.45) is 0 Å². The first-order chi connectivity index (χ1) is 12.1. The van der Waals surface area contributed by atoms with Gasteiger partial charge in [0.05, 0.1) is 0 Å². The summed E-state index contributed by atoms with van der Waals surface area (Å²) < 4.78 is 0. The van der Waals surface area contributed by atoms with Crippen LogP contribution in [0.5, 0.6) is 0 Å². The second-order valence-corrected chi connectivity index (χ2v) is 9.01. The number of nitrogens with zero attached hydrogens (tertiary/aromatic N) is 1.